The molecule has 0 aromatic carbocycles. The molecule has 2 aliphatic heterocycles. The fraction of sp³-hybridized carbons (Fsp3) is 0.667. The highest BCUT2D eigenvalue weighted by atomic mass is 16.6. The van der Waals surface area contributed by atoms with Gasteiger partial charge in [0.05, 0.1) is 6.04 Å². The summed E-state index contributed by atoms with van der Waals surface area (Å²) in [6, 6.07) is 1.75. The van der Waals surface area contributed by atoms with Gasteiger partial charge < -0.3 is 14.5 Å². The van der Waals surface area contributed by atoms with Crippen LogP contribution in [-0.2, 0) is 4.74 Å². The molecule has 1 aromatic heterocycles. The van der Waals surface area contributed by atoms with Crippen molar-refractivity contribution in [3.05, 3.63) is 23.8 Å². The number of carbonyl (C=O) groups excluding carboxylic acids is 2. The van der Waals surface area contributed by atoms with Gasteiger partial charge >= 0.3 is 6.09 Å². The van der Waals surface area contributed by atoms with Crippen LogP contribution < -0.4 is 0 Å². The molecule has 2 saturated heterocycles. The summed E-state index contributed by atoms with van der Waals surface area (Å²) in [5, 5.41) is 0. The van der Waals surface area contributed by atoms with Crippen molar-refractivity contribution >= 4 is 12.0 Å². The van der Waals surface area contributed by atoms with E-state index in [-0.39, 0.29) is 18.0 Å². The Morgan fingerprint density at radius 1 is 1.24 bits per heavy atom. The monoisotopic (exact) mass is 346 g/mol. The maximum absolute atomic E-state index is 12.9. The number of aryl methyl sites for hydroxylation is 1. The molecule has 0 radical (unpaired) electrons. The molecule has 7 heteroatoms. The van der Waals surface area contributed by atoms with Crippen LogP contribution in [0.5, 0.6) is 0 Å². The summed E-state index contributed by atoms with van der Waals surface area (Å²) in [5.41, 5.74) is 0.677. The molecule has 1 aromatic rings. The van der Waals surface area contributed by atoms with E-state index >= 15 is 0 Å². The molecular weight excluding hydrogens is 320 g/mol. The standard InChI is InChI=1S/C18H26N4O3/c1-12-8-14(20-11-19-12)16(23)22-7-5-6-13-9-21(10-15(13)22)17(24)25-18(2,3)4/h8,11,13,15H,5-7,9-10H2,1-4H3/t13-,15+/m1/s1. The SMILES string of the molecule is Cc1cc(C(=O)N2CCC[C@@H]3CN(C(=O)OC(C)(C)C)C[C@@H]32)ncn1. The minimum absolute atomic E-state index is 0.0315. The molecule has 2 aliphatic rings. The first-order valence-electron chi connectivity index (χ1n) is 8.82. The largest absolute Gasteiger partial charge is 0.444 e. The normalized spacial score (nSPS) is 23.4. The van der Waals surface area contributed by atoms with Gasteiger partial charge in [-0.2, -0.15) is 0 Å². The van der Waals surface area contributed by atoms with E-state index in [4.69, 9.17) is 4.74 Å². The molecule has 0 bridgehead atoms. The zero-order valence-corrected chi connectivity index (χ0v) is 15.4. The number of amides is 2. The minimum atomic E-state index is -0.515. The van der Waals surface area contributed by atoms with Crippen molar-refractivity contribution in [2.24, 2.45) is 5.92 Å². The lowest BCUT2D eigenvalue weighted by Crippen LogP contribution is -2.48. The van der Waals surface area contributed by atoms with E-state index in [9.17, 15) is 9.59 Å². The number of carbonyl (C=O) groups is 2. The van der Waals surface area contributed by atoms with Crippen molar-refractivity contribution in [1.29, 1.82) is 0 Å². The van der Waals surface area contributed by atoms with Crippen LogP contribution in [0.1, 0.15) is 49.8 Å². The Hall–Kier alpha value is -2.18. The summed E-state index contributed by atoms with van der Waals surface area (Å²) in [7, 11) is 0. The molecule has 2 atom stereocenters. The van der Waals surface area contributed by atoms with Gasteiger partial charge in [0.1, 0.15) is 17.6 Å². The molecule has 136 valence electrons. The summed E-state index contributed by atoms with van der Waals surface area (Å²) in [4.78, 5) is 37.1. The lowest BCUT2D eigenvalue weighted by molar-refractivity contribution is 0.0276. The molecule has 25 heavy (non-hydrogen) atoms. The molecular formula is C18H26N4O3. The van der Waals surface area contributed by atoms with E-state index in [1.807, 2.05) is 32.6 Å². The van der Waals surface area contributed by atoms with Gasteiger partial charge in [0.2, 0.25) is 0 Å². The Morgan fingerprint density at radius 3 is 2.68 bits per heavy atom. The molecule has 2 amide bonds. The van der Waals surface area contributed by atoms with E-state index in [2.05, 4.69) is 9.97 Å². The fourth-order valence-corrected chi connectivity index (χ4v) is 3.63. The van der Waals surface area contributed by atoms with Gasteiger partial charge in [-0.15, -0.1) is 0 Å². The first-order valence-corrected chi connectivity index (χ1v) is 8.82. The first kappa shape index (κ1) is 17.6. The minimum Gasteiger partial charge on any atom is -0.444 e. The van der Waals surface area contributed by atoms with Crippen molar-refractivity contribution in [3.63, 3.8) is 0 Å². The third kappa shape index (κ3) is 3.91. The van der Waals surface area contributed by atoms with Crippen LogP contribution in [0.3, 0.4) is 0 Å². The van der Waals surface area contributed by atoms with Crippen molar-refractivity contribution < 1.29 is 14.3 Å². The van der Waals surface area contributed by atoms with Gasteiger partial charge in [0.25, 0.3) is 5.91 Å². The number of piperidine rings is 1. The quantitative estimate of drug-likeness (QED) is 0.780. The Balaban J connectivity index is 1.73. The molecule has 0 saturated carbocycles. The van der Waals surface area contributed by atoms with E-state index in [1.165, 1.54) is 6.33 Å². The van der Waals surface area contributed by atoms with Gasteiger partial charge in [0, 0.05) is 25.3 Å². The number of likely N-dealkylation sites (tertiary alicyclic amines) is 2. The first-order chi connectivity index (χ1) is 11.7. The summed E-state index contributed by atoms with van der Waals surface area (Å²) in [6.45, 7) is 9.30. The third-order valence-electron chi connectivity index (χ3n) is 4.72. The van der Waals surface area contributed by atoms with Crippen molar-refractivity contribution in [1.82, 2.24) is 19.8 Å². The number of fused-ring (bicyclic) bond motifs is 1. The third-order valence-corrected chi connectivity index (χ3v) is 4.72. The number of rotatable bonds is 1. The zero-order chi connectivity index (χ0) is 18.2. The van der Waals surface area contributed by atoms with Crippen LogP contribution in [0.25, 0.3) is 0 Å². The zero-order valence-electron chi connectivity index (χ0n) is 15.4. The number of hydrogen-bond acceptors (Lipinski definition) is 5. The maximum Gasteiger partial charge on any atom is 0.410 e. The van der Waals surface area contributed by atoms with Crippen molar-refractivity contribution in [3.8, 4) is 0 Å². The second kappa shape index (κ2) is 6.61. The fourth-order valence-electron chi connectivity index (χ4n) is 3.63. The highest BCUT2D eigenvalue weighted by Crippen LogP contribution is 2.32. The van der Waals surface area contributed by atoms with E-state index in [0.29, 0.717) is 31.2 Å². The van der Waals surface area contributed by atoms with Crippen molar-refractivity contribution in [2.75, 3.05) is 19.6 Å². The smallest absolute Gasteiger partial charge is 0.410 e. The Kier molecular flexibility index (Phi) is 4.67. The molecule has 2 fully saturated rings. The number of hydrogen-bond donors (Lipinski definition) is 0. The molecule has 0 aliphatic carbocycles. The second-order valence-corrected chi connectivity index (χ2v) is 7.90. The Morgan fingerprint density at radius 2 is 2.00 bits per heavy atom. The topological polar surface area (TPSA) is 75.6 Å². The van der Waals surface area contributed by atoms with E-state index < -0.39 is 5.60 Å². The second-order valence-electron chi connectivity index (χ2n) is 7.90. The predicted molar refractivity (Wildman–Crippen MR) is 92.1 cm³/mol. The van der Waals surface area contributed by atoms with Gasteiger partial charge in [-0.1, -0.05) is 0 Å². The Bertz CT molecular complexity index is 671. The molecule has 0 N–H and O–H groups in total. The highest BCUT2D eigenvalue weighted by Gasteiger charge is 2.43. The van der Waals surface area contributed by atoms with Crippen molar-refractivity contribution in [2.45, 2.75) is 52.2 Å². The average molecular weight is 346 g/mol. The van der Waals surface area contributed by atoms with Crippen LogP contribution in [0.4, 0.5) is 4.79 Å². The van der Waals surface area contributed by atoms with Gasteiger partial charge in [-0.3, -0.25) is 4.79 Å². The summed E-state index contributed by atoms with van der Waals surface area (Å²) < 4.78 is 5.49. The number of ether oxygens (including phenoxy) is 1. The van der Waals surface area contributed by atoms with Gasteiger partial charge in [-0.05, 0) is 52.5 Å². The van der Waals surface area contributed by atoms with Gasteiger partial charge in [-0.25, -0.2) is 14.8 Å². The van der Waals surface area contributed by atoms with Crippen LogP contribution in [0, 0.1) is 12.8 Å². The Labute approximate surface area is 148 Å². The predicted octanol–water partition coefficient (Wildman–Crippen LogP) is 2.26. The number of aromatic nitrogens is 2. The van der Waals surface area contributed by atoms with E-state index in [0.717, 1.165) is 18.5 Å². The maximum atomic E-state index is 12.9. The summed E-state index contributed by atoms with van der Waals surface area (Å²) in [6.07, 6.45) is 3.09. The van der Waals surface area contributed by atoms with Crippen LogP contribution in [-0.4, -0.2) is 63.0 Å². The molecule has 7 nitrogen and oxygen atoms in total. The number of nitrogens with zero attached hydrogens (tertiary/aromatic N) is 4. The van der Waals surface area contributed by atoms with Crippen LogP contribution >= 0.6 is 0 Å². The average Bonchev–Trinajstić information content (AvgIpc) is 2.97. The molecule has 0 unspecified atom stereocenters. The molecule has 3 heterocycles. The van der Waals surface area contributed by atoms with Crippen LogP contribution in [0.15, 0.2) is 12.4 Å². The molecule has 0 spiro atoms. The summed E-state index contributed by atoms with van der Waals surface area (Å²) in [5.74, 6) is 0.222. The molecule has 3 rings (SSSR count). The van der Waals surface area contributed by atoms with E-state index in [1.54, 1.807) is 11.0 Å². The summed E-state index contributed by atoms with van der Waals surface area (Å²) >= 11 is 0. The van der Waals surface area contributed by atoms with Crippen LogP contribution in [0.2, 0.25) is 0 Å². The van der Waals surface area contributed by atoms with Gasteiger partial charge in [0.15, 0.2) is 0 Å². The lowest BCUT2D eigenvalue weighted by atomic mass is 9.92. The lowest BCUT2D eigenvalue weighted by Gasteiger charge is -2.36. The highest BCUT2D eigenvalue weighted by molar-refractivity contribution is 5.92.